The summed E-state index contributed by atoms with van der Waals surface area (Å²) in [5.74, 6) is 0. The van der Waals surface area contributed by atoms with Crippen LogP contribution in [0.5, 0.6) is 0 Å². The van der Waals surface area contributed by atoms with Gasteiger partial charge in [0.05, 0.1) is 6.61 Å². The van der Waals surface area contributed by atoms with E-state index in [4.69, 9.17) is 10.5 Å². The van der Waals surface area contributed by atoms with Crippen molar-refractivity contribution in [3.63, 3.8) is 0 Å². The molecule has 0 aliphatic heterocycles. The van der Waals surface area contributed by atoms with E-state index >= 15 is 0 Å². The zero-order valence-electron chi connectivity index (χ0n) is 12.0. The van der Waals surface area contributed by atoms with Crippen LogP contribution in [0.1, 0.15) is 33.6 Å². The molecule has 0 saturated heterocycles. The fourth-order valence-corrected chi connectivity index (χ4v) is 2.10. The second kappa shape index (κ2) is 11.0. The summed E-state index contributed by atoms with van der Waals surface area (Å²) >= 11 is 0. The number of methoxy groups -OCH3 is 1. The van der Waals surface area contributed by atoms with Crippen molar-refractivity contribution >= 4 is 0 Å². The van der Waals surface area contributed by atoms with Crippen molar-refractivity contribution < 1.29 is 4.74 Å². The highest BCUT2D eigenvalue weighted by Crippen LogP contribution is 2.00. The van der Waals surface area contributed by atoms with Gasteiger partial charge in [0.25, 0.3) is 0 Å². The predicted octanol–water partition coefficient (Wildman–Crippen LogP) is 1.06. The minimum absolute atomic E-state index is 0.425. The molecule has 0 rings (SSSR count). The lowest BCUT2D eigenvalue weighted by Crippen LogP contribution is -2.45. The molecule has 104 valence electrons. The van der Waals surface area contributed by atoms with E-state index in [1.54, 1.807) is 7.11 Å². The lowest BCUT2D eigenvalue weighted by Gasteiger charge is -2.27. The van der Waals surface area contributed by atoms with E-state index in [0.717, 1.165) is 45.6 Å². The van der Waals surface area contributed by atoms with Gasteiger partial charge in [0.2, 0.25) is 0 Å². The van der Waals surface area contributed by atoms with Crippen molar-refractivity contribution in [1.29, 1.82) is 0 Å². The number of nitrogens with zero attached hydrogens (tertiary/aromatic N) is 1. The van der Waals surface area contributed by atoms with E-state index in [9.17, 15) is 0 Å². The van der Waals surface area contributed by atoms with E-state index in [2.05, 4.69) is 31.0 Å². The van der Waals surface area contributed by atoms with Gasteiger partial charge in [0, 0.05) is 25.7 Å². The topological polar surface area (TPSA) is 50.5 Å². The first-order valence-corrected chi connectivity index (χ1v) is 6.85. The molecule has 0 radical (unpaired) electrons. The first-order chi connectivity index (χ1) is 8.17. The van der Waals surface area contributed by atoms with E-state index < -0.39 is 0 Å². The van der Waals surface area contributed by atoms with E-state index in [-0.39, 0.29) is 0 Å². The summed E-state index contributed by atoms with van der Waals surface area (Å²) in [7, 11) is 1.76. The Morgan fingerprint density at radius 2 is 1.94 bits per heavy atom. The van der Waals surface area contributed by atoms with Crippen molar-refractivity contribution in [2.45, 2.75) is 45.7 Å². The van der Waals surface area contributed by atoms with Gasteiger partial charge < -0.3 is 20.7 Å². The van der Waals surface area contributed by atoms with Crippen molar-refractivity contribution in [3.05, 3.63) is 0 Å². The number of rotatable bonds is 11. The molecular weight excluding hydrogens is 214 g/mol. The molecule has 0 heterocycles. The summed E-state index contributed by atoms with van der Waals surface area (Å²) in [4.78, 5) is 2.43. The summed E-state index contributed by atoms with van der Waals surface area (Å²) in [6, 6.07) is 0.918. The molecule has 0 aromatic heterocycles. The smallest absolute Gasteiger partial charge is 0.0615 e. The molecule has 0 saturated carbocycles. The van der Waals surface area contributed by atoms with Crippen LogP contribution in [-0.4, -0.2) is 56.9 Å². The second-order valence-electron chi connectivity index (χ2n) is 4.64. The average Bonchev–Trinajstić information content (AvgIpc) is 2.33. The van der Waals surface area contributed by atoms with Gasteiger partial charge in [-0.25, -0.2) is 0 Å². The zero-order chi connectivity index (χ0) is 13.1. The number of nitrogens with one attached hydrogen (secondary N) is 1. The largest absolute Gasteiger partial charge is 0.383 e. The van der Waals surface area contributed by atoms with Crippen LogP contribution in [0.25, 0.3) is 0 Å². The van der Waals surface area contributed by atoms with Gasteiger partial charge in [-0.15, -0.1) is 0 Å². The highest BCUT2D eigenvalue weighted by Gasteiger charge is 2.13. The standard InChI is InChI=1S/C13H31N3O/c1-5-16(6-2)10-12(3)15-13(11-17-4)8-7-9-14/h12-13,15H,5-11,14H2,1-4H3. The zero-order valence-corrected chi connectivity index (χ0v) is 12.0. The lowest BCUT2D eigenvalue weighted by molar-refractivity contribution is 0.150. The van der Waals surface area contributed by atoms with Gasteiger partial charge in [-0.1, -0.05) is 13.8 Å². The first kappa shape index (κ1) is 16.8. The second-order valence-corrected chi connectivity index (χ2v) is 4.64. The third-order valence-electron chi connectivity index (χ3n) is 3.07. The Hall–Kier alpha value is -0.160. The monoisotopic (exact) mass is 245 g/mol. The summed E-state index contributed by atoms with van der Waals surface area (Å²) in [6.45, 7) is 11.5. The first-order valence-electron chi connectivity index (χ1n) is 6.85. The molecule has 0 fully saturated rings. The van der Waals surface area contributed by atoms with Crippen LogP contribution in [0, 0.1) is 0 Å². The van der Waals surface area contributed by atoms with Gasteiger partial charge in [-0.05, 0) is 39.4 Å². The maximum absolute atomic E-state index is 5.55. The number of hydrogen-bond donors (Lipinski definition) is 2. The molecule has 3 N–H and O–H groups in total. The Morgan fingerprint density at radius 3 is 2.41 bits per heavy atom. The predicted molar refractivity (Wildman–Crippen MR) is 74.3 cm³/mol. The van der Waals surface area contributed by atoms with Crippen LogP contribution in [0.15, 0.2) is 0 Å². The van der Waals surface area contributed by atoms with Crippen LogP contribution in [0.2, 0.25) is 0 Å². The van der Waals surface area contributed by atoms with Gasteiger partial charge in [-0.2, -0.15) is 0 Å². The highest BCUT2D eigenvalue weighted by molar-refractivity contribution is 4.74. The minimum atomic E-state index is 0.425. The number of ether oxygens (including phenoxy) is 1. The summed E-state index contributed by atoms with van der Waals surface area (Å²) < 4.78 is 5.24. The Balaban J connectivity index is 3.96. The maximum Gasteiger partial charge on any atom is 0.0615 e. The number of nitrogens with two attached hydrogens (primary N) is 1. The Kier molecular flexibility index (Phi) is 10.9. The van der Waals surface area contributed by atoms with Crippen molar-refractivity contribution in [2.75, 3.05) is 39.9 Å². The van der Waals surface area contributed by atoms with Gasteiger partial charge in [0.1, 0.15) is 0 Å². The Morgan fingerprint density at radius 1 is 1.29 bits per heavy atom. The van der Waals surface area contributed by atoms with Crippen molar-refractivity contribution in [3.8, 4) is 0 Å². The Bertz CT molecular complexity index is 163. The molecule has 0 amide bonds. The van der Waals surface area contributed by atoms with Crippen LogP contribution < -0.4 is 11.1 Å². The summed E-state index contributed by atoms with van der Waals surface area (Å²) in [5, 5.41) is 3.63. The molecule has 2 atom stereocenters. The molecule has 0 aliphatic rings. The van der Waals surface area contributed by atoms with Crippen LogP contribution >= 0.6 is 0 Å². The van der Waals surface area contributed by atoms with Gasteiger partial charge >= 0.3 is 0 Å². The van der Waals surface area contributed by atoms with Crippen molar-refractivity contribution in [2.24, 2.45) is 5.73 Å². The summed E-state index contributed by atoms with van der Waals surface area (Å²) in [5.41, 5.74) is 5.55. The van der Waals surface area contributed by atoms with Crippen LogP contribution in [0.4, 0.5) is 0 Å². The highest BCUT2D eigenvalue weighted by atomic mass is 16.5. The van der Waals surface area contributed by atoms with E-state index in [1.807, 2.05) is 0 Å². The normalized spacial score (nSPS) is 15.2. The average molecular weight is 245 g/mol. The fraction of sp³-hybridized carbons (Fsp3) is 1.00. The Labute approximate surface area is 107 Å². The number of hydrogen-bond acceptors (Lipinski definition) is 4. The summed E-state index contributed by atoms with van der Waals surface area (Å²) in [6.07, 6.45) is 2.14. The van der Waals surface area contributed by atoms with Gasteiger partial charge in [-0.3, -0.25) is 0 Å². The molecule has 2 unspecified atom stereocenters. The molecule has 0 aliphatic carbocycles. The molecule has 0 aromatic carbocycles. The molecule has 0 aromatic rings. The minimum Gasteiger partial charge on any atom is -0.383 e. The molecular formula is C13H31N3O. The fourth-order valence-electron chi connectivity index (χ4n) is 2.10. The molecule has 17 heavy (non-hydrogen) atoms. The van der Waals surface area contributed by atoms with E-state index in [0.29, 0.717) is 12.1 Å². The third-order valence-corrected chi connectivity index (χ3v) is 3.07. The van der Waals surface area contributed by atoms with E-state index in [1.165, 1.54) is 0 Å². The van der Waals surface area contributed by atoms with Crippen LogP contribution in [0.3, 0.4) is 0 Å². The molecule has 4 nitrogen and oxygen atoms in total. The maximum atomic E-state index is 5.55. The number of likely N-dealkylation sites (N-methyl/N-ethyl adjacent to an activating group) is 1. The molecule has 4 heteroatoms. The van der Waals surface area contributed by atoms with Crippen molar-refractivity contribution in [1.82, 2.24) is 10.2 Å². The molecule has 0 bridgehead atoms. The SMILES string of the molecule is CCN(CC)CC(C)NC(CCCN)COC. The molecule has 0 spiro atoms. The quantitative estimate of drug-likeness (QED) is 0.571. The van der Waals surface area contributed by atoms with Gasteiger partial charge in [0.15, 0.2) is 0 Å². The van der Waals surface area contributed by atoms with Crippen LogP contribution in [-0.2, 0) is 4.74 Å². The lowest BCUT2D eigenvalue weighted by atomic mass is 10.1. The third kappa shape index (κ3) is 8.55.